The molecule has 0 saturated carbocycles. The molecule has 4 rings (SSSR count). The van der Waals surface area contributed by atoms with Crippen LogP contribution in [0.3, 0.4) is 0 Å². The molecule has 0 unspecified atom stereocenters. The zero-order chi connectivity index (χ0) is 23.5. The highest BCUT2D eigenvalue weighted by Gasteiger charge is 2.27. The molecular weight excluding hydrogens is 418 g/mol. The van der Waals surface area contributed by atoms with Crippen molar-refractivity contribution < 1.29 is 19.4 Å². The second-order valence-corrected chi connectivity index (χ2v) is 8.84. The minimum atomic E-state index is -1.03. The number of carboxylic acid groups (broad SMARTS) is 1. The fourth-order valence-corrected chi connectivity index (χ4v) is 3.87. The van der Waals surface area contributed by atoms with Gasteiger partial charge in [0.15, 0.2) is 0 Å². The van der Waals surface area contributed by atoms with Gasteiger partial charge in [-0.2, -0.15) is 10.2 Å². The minimum Gasteiger partial charge on any atom is -0.478 e. The number of hydrogen-bond donors (Lipinski definition) is 1. The summed E-state index contributed by atoms with van der Waals surface area (Å²) < 4.78 is 6.08. The molecule has 1 aromatic heterocycles. The van der Waals surface area contributed by atoms with Crippen molar-refractivity contribution in [3.05, 3.63) is 71.4 Å². The van der Waals surface area contributed by atoms with Gasteiger partial charge in [0.05, 0.1) is 17.0 Å². The van der Waals surface area contributed by atoms with Crippen molar-refractivity contribution in [2.75, 3.05) is 6.54 Å². The second kappa shape index (κ2) is 9.40. The number of carboxylic acids is 1. The molecule has 7 heteroatoms. The number of carbonyl (C=O) groups is 2. The Bertz CT molecular complexity index is 1160. The summed E-state index contributed by atoms with van der Waals surface area (Å²) in [7, 11) is 0. The maximum Gasteiger partial charge on any atom is 0.335 e. The van der Waals surface area contributed by atoms with E-state index in [1.54, 1.807) is 11.0 Å². The number of aromatic nitrogens is 2. The Hall–Kier alpha value is -3.74. The Balaban J connectivity index is 1.56. The number of ether oxygens (including phenoxy) is 1. The lowest BCUT2D eigenvalue weighted by atomic mass is 10.1. The number of nitrogens with zero attached hydrogens (tertiary/aromatic N) is 3. The fourth-order valence-electron chi connectivity index (χ4n) is 3.87. The maximum absolute atomic E-state index is 12.2. The Kier molecular flexibility index (Phi) is 6.40. The van der Waals surface area contributed by atoms with Gasteiger partial charge in [-0.05, 0) is 60.4 Å². The Morgan fingerprint density at radius 3 is 2.45 bits per heavy atom. The molecule has 0 spiro atoms. The Morgan fingerprint density at radius 1 is 1.12 bits per heavy atom. The summed E-state index contributed by atoms with van der Waals surface area (Å²) in [5.41, 5.74) is 3.51. The fraction of sp³-hybridized carbons (Fsp3) is 0.308. The first kappa shape index (κ1) is 22.5. The van der Waals surface area contributed by atoms with E-state index in [1.807, 2.05) is 43.3 Å². The summed E-state index contributed by atoms with van der Waals surface area (Å²) >= 11 is 0. The molecule has 3 aromatic rings. The topological polar surface area (TPSA) is 92.6 Å². The number of hydrogen-bond acceptors (Lipinski definition) is 5. The number of benzene rings is 2. The Labute approximate surface area is 193 Å². The first-order valence-corrected chi connectivity index (χ1v) is 11.1. The van der Waals surface area contributed by atoms with Gasteiger partial charge < -0.3 is 14.7 Å². The molecule has 33 heavy (non-hydrogen) atoms. The average Bonchev–Trinajstić information content (AvgIpc) is 3.11. The molecule has 2 heterocycles. The SMILES string of the molecule is CC(C)c1ccc(-c2ccc(Oc3cc(C(=O)O)ccc3CN3C[C@@H](C)CC3=O)cc2)nn1. The normalized spacial score (nSPS) is 15.8. The molecule has 1 aliphatic rings. The second-order valence-electron chi connectivity index (χ2n) is 8.84. The monoisotopic (exact) mass is 445 g/mol. The van der Waals surface area contributed by atoms with Crippen LogP contribution in [0.2, 0.25) is 0 Å². The summed E-state index contributed by atoms with van der Waals surface area (Å²) in [5.74, 6) is 0.690. The van der Waals surface area contributed by atoms with Crippen LogP contribution in [-0.2, 0) is 11.3 Å². The number of likely N-dealkylation sites (tertiary alicyclic amines) is 1. The predicted molar refractivity (Wildman–Crippen MR) is 124 cm³/mol. The van der Waals surface area contributed by atoms with Gasteiger partial charge in [0, 0.05) is 30.6 Å². The van der Waals surface area contributed by atoms with Crippen LogP contribution < -0.4 is 4.74 Å². The molecule has 1 aliphatic heterocycles. The lowest BCUT2D eigenvalue weighted by Crippen LogP contribution is -2.24. The highest BCUT2D eigenvalue weighted by atomic mass is 16.5. The summed E-state index contributed by atoms with van der Waals surface area (Å²) in [6.45, 7) is 7.26. The van der Waals surface area contributed by atoms with E-state index >= 15 is 0 Å². The zero-order valence-corrected chi connectivity index (χ0v) is 19.0. The van der Waals surface area contributed by atoms with Crippen molar-refractivity contribution in [3.63, 3.8) is 0 Å². The van der Waals surface area contributed by atoms with Crippen LogP contribution in [0.5, 0.6) is 11.5 Å². The van der Waals surface area contributed by atoms with Crippen molar-refractivity contribution in [2.24, 2.45) is 5.92 Å². The van der Waals surface area contributed by atoms with E-state index in [9.17, 15) is 14.7 Å². The van der Waals surface area contributed by atoms with Gasteiger partial charge in [0.1, 0.15) is 11.5 Å². The van der Waals surface area contributed by atoms with Gasteiger partial charge in [0.2, 0.25) is 5.91 Å². The van der Waals surface area contributed by atoms with Gasteiger partial charge in [0.25, 0.3) is 0 Å². The van der Waals surface area contributed by atoms with E-state index in [2.05, 4.69) is 24.0 Å². The van der Waals surface area contributed by atoms with E-state index in [1.165, 1.54) is 12.1 Å². The first-order valence-electron chi connectivity index (χ1n) is 11.1. The largest absolute Gasteiger partial charge is 0.478 e. The van der Waals surface area contributed by atoms with Crippen LogP contribution in [0.25, 0.3) is 11.3 Å². The number of carbonyl (C=O) groups excluding carboxylic acids is 1. The van der Waals surface area contributed by atoms with Crippen molar-refractivity contribution >= 4 is 11.9 Å². The molecule has 0 aliphatic carbocycles. The van der Waals surface area contributed by atoms with Gasteiger partial charge >= 0.3 is 5.97 Å². The van der Waals surface area contributed by atoms with E-state index in [-0.39, 0.29) is 11.5 Å². The van der Waals surface area contributed by atoms with Crippen LogP contribution in [0.4, 0.5) is 0 Å². The highest BCUT2D eigenvalue weighted by Crippen LogP contribution is 2.31. The van der Waals surface area contributed by atoms with Gasteiger partial charge in [-0.25, -0.2) is 4.79 Å². The number of rotatable bonds is 7. The third kappa shape index (κ3) is 5.19. The standard InChI is InChI=1S/C26H27N3O4/c1-16(2)22-10-11-23(28-27-22)18-6-8-21(9-7-18)33-24-13-19(26(31)32)4-5-20(24)15-29-14-17(3)12-25(29)30/h4-11,13,16-17H,12,14-15H2,1-3H3,(H,31,32)/t17-/m0/s1. The third-order valence-corrected chi connectivity index (χ3v) is 5.74. The van der Waals surface area contributed by atoms with Crippen LogP contribution in [0, 0.1) is 5.92 Å². The summed E-state index contributed by atoms with van der Waals surface area (Å²) in [5, 5.41) is 18.0. The molecule has 1 N–H and O–H groups in total. The molecule has 1 atom stereocenters. The summed E-state index contributed by atoms with van der Waals surface area (Å²) in [4.78, 5) is 25.5. The molecule has 170 valence electrons. The lowest BCUT2D eigenvalue weighted by molar-refractivity contribution is -0.128. The van der Waals surface area contributed by atoms with Crippen LogP contribution in [0.15, 0.2) is 54.6 Å². The van der Waals surface area contributed by atoms with Crippen molar-refractivity contribution in [1.82, 2.24) is 15.1 Å². The van der Waals surface area contributed by atoms with Crippen molar-refractivity contribution in [2.45, 2.75) is 39.7 Å². The van der Waals surface area contributed by atoms with Gasteiger partial charge in [-0.3, -0.25) is 4.79 Å². The van der Waals surface area contributed by atoms with Gasteiger partial charge in [-0.1, -0.05) is 26.8 Å². The molecule has 1 saturated heterocycles. The average molecular weight is 446 g/mol. The summed E-state index contributed by atoms with van der Waals surface area (Å²) in [6.07, 6.45) is 0.534. The summed E-state index contributed by atoms with van der Waals surface area (Å²) in [6, 6.07) is 16.1. The first-order chi connectivity index (χ1) is 15.8. The van der Waals surface area contributed by atoms with E-state index in [0.29, 0.717) is 42.8 Å². The highest BCUT2D eigenvalue weighted by molar-refractivity contribution is 5.88. The zero-order valence-electron chi connectivity index (χ0n) is 19.0. The smallest absolute Gasteiger partial charge is 0.335 e. The van der Waals surface area contributed by atoms with Gasteiger partial charge in [-0.15, -0.1) is 0 Å². The predicted octanol–water partition coefficient (Wildman–Crippen LogP) is 5.13. The third-order valence-electron chi connectivity index (χ3n) is 5.74. The van der Waals surface area contributed by atoms with E-state index in [0.717, 1.165) is 22.5 Å². The van der Waals surface area contributed by atoms with Crippen molar-refractivity contribution in [1.29, 1.82) is 0 Å². The van der Waals surface area contributed by atoms with Crippen LogP contribution in [0.1, 0.15) is 54.7 Å². The van der Waals surface area contributed by atoms with E-state index in [4.69, 9.17) is 4.74 Å². The molecule has 0 bridgehead atoms. The van der Waals surface area contributed by atoms with Crippen molar-refractivity contribution in [3.8, 4) is 22.8 Å². The molecular formula is C26H27N3O4. The number of amides is 1. The molecule has 0 radical (unpaired) electrons. The van der Waals surface area contributed by atoms with Crippen LogP contribution in [-0.4, -0.2) is 38.6 Å². The van der Waals surface area contributed by atoms with Crippen LogP contribution >= 0.6 is 0 Å². The molecule has 1 fully saturated rings. The maximum atomic E-state index is 12.2. The van der Waals surface area contributed by atoms with E-state index < -0.39 is 5.97 Å². The Morgan fingerprint density at radius 2 is 1.88 bits per heavy atom. The quantitative estimate of drug-likeness (QED) is 0.542. The number of aromatic carboxylic acids is 1. The molecule has 2 aromatic carbocycles. The molecule has 1 amide bonds. The minimum absolute atomic E-state index is 0.102. The lowest BCUT2D eigenvalue weighted by Gasteiger charge is -2.19. The molecule has 7 nitrogen and oxygen atoms in total.